The summed E-state index contributed by atoms with van der Waals surface area (Å²) < 4.78 is 26.9. The number of aryl methyl sites for hydroxylation is 2. The molecule has 10 heteroatoms. The summed E-state index contributed by atoms with van der Waals surface area (Å²) in [7, 11) is 1.96. The number of nitrogens with zero attached hydrogens (tertiary/aromatic N) is 3. The summed E-state index contributed by atoms with van der Waals surface area (Å²) in [6, 6.07) is 7.00. The molecule has 0 fully saturated rings. The SMILES string of the molecule is Cc1cc2c(Nc3nc(NCC(N)CC(F)F)ncc3C(N)=O)cccc2n1C. The van der Waals surface area contributed by atoms with Gasteiger partial charge in [-0.15, -0.1) is 0 Å². The Balaban J connectivity index is 1.89. The Hall–Kier alpha value is -3.27. The summed E-state index contributed by atoms with van der Waals surface area (Å²) in [4.78, 5) is 20.1. The van der Waals surface area contributed by atoms with E-state index in [0.717, 1.165) is 22.3 Å². The van der Waals surface area contributed by atoms with Crippen LogP contribution in [0.25, 0.3) is 10.9 Å². The Morgan fingerprint density at radius 3 is 2.79 bits per heavy atom. The molecule has 1 unspecified atom stereocenters. The average Bonchev–Trinajstić information content (AvgIpc) is 2.95. The molecule has 0 saturated heterocycles. The van der Waals surface area contributed by atoms with Crippen molar-refractivity contribution < 1.29 is 13.6 Å². The normalized spacial score (nSPS) is 12.3. The van der Waals surface area contributed by atoms with Crippen molar-refractivity contribution in [2.45, 2.75) is 25.8 Å². The first-order chi connectivity index (χ1) is 13.8. The number of benzene rings is 1. The number of carbonyl (C=O) groups excluding carboxylic acids is 1. The van der Waals surface area contributed by atoms with Crippen molar-refractivity contribution in [1.29, 1.82) is 0 Å². The van der Waals surface area contributed by atoms with Gasteiger partial charge in [0.2, 0.25) is 12.4 Å². The van der Waals surface area contributed by atoms with E-state index in [4.69, 9.17) is 11.5 Å². The molecule has 29 heavy (non-hydrogen) atoms. The highest BCUT2D eigenvalue weighted by atomic mass is 19.3. The number of carbonyl (C=O) groups is 1. The second-order valence-corrected chi connectivity index (χ2v) is 6.80. The fourth-order valence-electron chi connectivity index (χ4n) is 3.01. The number of aromatic nitrogens is 3. The van der Waals surface area contributed by atoms with Crippen LogP contribution < -0.4 is 22.1 Å². The molecule has 0 bridgehead atoms. The number of primary amides is 1. The van der Waals surface area contributed by atoms with Crippen LogP contribution in [0, 0.1) is 6.92 Å². The van der Waals surface area contributed by atoms with Gasteiger partial charge in [-0.1, -0.05) is 6.07 Å². The van der Waals surface area contributed by atoms with E-state index in [9.17, 15) is 13.6 Å². The third-order valence-corrected chi connectivity index (χ3v) is 4.64. The second kappa shape index (κ2) is 8.39. The molecular formula is C19H23F2N7O. The van der Waals surface area contributed by atoms with Crippen LogP contribution in [-0.4, -0.2) is 39.5 Å². The molecule has 2 aromatic heterocycles. The van der Waals surface area contributed by atoms with E-state index in [1.807, 2.05) is 42.8 Å². The van der Waals surface area contributed by atoms with E-state index in [1.165, 1.54) is 6.20 Å². The first-order valence-corrected chi connectivity index (χ1v) is 9.02. The minimum atomic E-state index is -2.49. The van der Waals surface area contributed by atoms with Crippen LogP contribution in [0.5, 0.6) is 0 Å². The van der Waals surface area contributed by atoms with Crippen LogP contribution in [0.15, 0.2) is 30.5 Å². The van der Waals surface area contributed by atoms with Crippen LogP contribution in [0.1, 0.15) is 22.5 Å². The second-order valence-electron chi connectivity index (χ2n) is 6.80. The Morgan fingerprint density at radius 2 is 2.10 bits per heavy atom. The maximum Gasteiger partial charge on any atom is 0.254 e. The molecule has 6 N–H and O–H groups in total. The Kier molecular flexibility index (Phi) is 5.92. The summed E-state index contributed by atoms with van der Waals surface area (Å²) in [6.07, 6.45) is -1.64. The minimum absolute atomic E-state index is 0.0627. The molecule has 3 aromatic rings. The van der Waals surface area contributed by atoms with Crippen molar-refractivity contribution in [3.05, 3.63) is 41.7 Å². The lowest BCUT2D eigenvalue weighted by atomic mass is 10.2. The first-order valence-electron chi connectivity index (χ1n) is 9.02. The van der Waals surface area contributed by atoms with Gasteiger partial charge < -0.3 is 26.7 Å². The molecule has 0 spiro atoms. The van der Waals surface area contributed by atoms with Crippen molar-refractivity contribution in [3.8, 4) is 0 Å². The summed E-state index contributed by atoms with van der Waals surface area (Å²) in [5.74, 6) is -0.324. The lowest BCUT2D eigenvalue weighted by Crippen LogP contribution is -2.31. The Bertz CT molecular complexity index is 1030. The predicted octanol–water partition coefficient (Wildman–Crippen LogP) is 2.51. The number of amides is 1. The van der Waals surface area contributed by atoms with Crippen molar-refractivity contribution in [1.82, 2.24) is 14.5 Å². The zero-order valence-corrected chi connectivity index (χ0v) is 16.1. The van der Waals surface area contributed by atoms with E-state index in [-0.39, 0.29) is 23.9 Å². The van der Waals surface area contributed by atoms with E-state index in [0.29, 0.717) is 0 Å². The fourth-order valence-corrected chi connectivity index (χ4v) is 3.01. The van der Waals surface area contributed by atoms with Gasteiger partial charge in [0.15, 0.2) is 0 Å². The first kappa shape index (κ1) is 20.5. The van der Waals surface area contributed by atoms with E-state index < -0.39 is 24.8 Å². The molecule has 0 radical (unpaired) electrons. The number of nitrogens with one attached hydrogen (secondary N) is 2. The number of nitrogens with two attached hydrogens (primary N) is 2. The summed E-state index contributed by atoms with van der Waals surface area (Å²) in [5.41, 5.74) is 14.0. The number of hydrogen-bond acceptors (Lipinski definition) is 6. The smallest absolute Gasteiger partial charge is 0.254 e. The van der Waals surface area contributed by atoms with Gasteiger partial charge in [-0.3, -0.25) is 4.79 Å². The molecule has 0 aliphatic heterocycles. The zero-order chi connectivity index (χ0) is 21.1. The molecule has 2 heterocycles. The molecule has 1 atom stereocenters. The quantitative estimate of drug-likeness (QED) is 0.458. The Morgan fingerprint density at radius 1 is 1.34 bits per heavy atom. The average molecular weight is 403 g/mol. The highest BCUT2D eigenvalue weighted by molar-refractivity contribution is 6.00. The maximum absolute atomic E-state index is 12.4. The summed E-state index contributed by atoms with van der Waals surface area (Å²) in [5, 5.41) is 6.91. The number of alkyl halides is 2. The summed E-state index contributed by atoms with van der Waals surface area (Å²) in [6.45, 7) is 2.06. The van der Waals surface area contributed by atoms with Gasteiger partial charge >= 0.3 is 0 Å². The summed E-state index contributed by atoms with van der Waals surface area (Å²) >= 11 is 0. The monoisotopic (exact) mass is 403 g/mol. The van der Waals surface area contributed by atoms with E-state index in [2.05, 4.69) is 20.6 Å². The highest BCUT2D eigenvalue weighted by Crippen LogP contribution is 2.29. The molecule has 0 aliphatic rings. The highest BCUT2D eigenvalue weighted by Gasteiger charge is 2.16. The molecule has 1 amide bonds. The lowest BCUT2D eigenvalue weighted by molar-refractivity contribution is 0.100. The van der Waals surface area contributed by atoms with Gasteiger partial charge in [-0.25, -0.2) is 13.8 Å². The van der Waals surface area contributed by atoms with Crippen molar-refractivity contribution >= 4 is 34.3 Å². The van der Waals surface area contributed by atoms with Gasteiger partial charge in [0.25, 0.3) is 5.91 Å². The largest absolute Gasteiger partial charge is 0.365 e. The van der Waals surface area contributed by atoms with Gasteiger partial charge in [0.1, 0.15) is 11.4 Å². The van der Waals surface area contributed by atoms with Crippen LogP contribution >= 0.6 is 0 Å². The van der Waals surface area contributed by atoms with Gasteiger partial charge in [-0.05, 0) is 25.1 Å². The molecule has 3 rings (SSSR count). The molecule has 8 nitrogen and oxygen atoms in total. The third-order valence-electron chi connectivity index (χ3n) is 4.64. The van der Waals surface area contributed by atoms with E-state index in [1.54, 1.807) is 0 Å². The lowest BCUT2D eigenvalue weighted by Gasteiger charge is -2.14. The molecule has 1 aromatic carbocycles. The van der Waals surface area contributed by atoms with Crippen LogP contribution in [0.2, 0.25) is 0 Å². The van der Waals surface area contributed by atoms with Gasteiger partial charge in [0, 0.05) is 49.0 Å². The number of anilines is 3. The van der Waals surface area contributed by atoms with Crippen molar-refractivity contribution in [3.63, 3.8) is 0 Å². The molecule has 0 aliphatic carbocycles. The minimum Gasteiger partial charge on any atom is -0.365 e. The fraction of sp³-hybridized carbons (Fsp3) is 0.316. The topological polar surface area (TPSA) is 124 Å². The van der Waals surface area contributed by atoms with Crippen molar-refractivity contribution in [2.75, 3.05) is 17.2 Å². The van der Waals surface area contributed by atoms with E-state index >= 15 is 0 Å². The third kappa shape index (κ3) is 4.60. The van der Waals surface area contributed by atoms with Gasteiger partial charge in [0.05, 0.1) is 5.52 Å². The van der Waals surface area contributed by atoms with Crippen molar-refractivity contribution in [2.24, 2.45) is 18.5 Å². The molecule has 154 valence electrons. The number of fused-ring (bicyclic) bond motifs is 1. The number of hydrogen-bond donors (Lipinski definition) is 4. The number of rotatable bonds is 8. The van der Waals surface area contributed by atoms with Crippen LogP contribution in [0.3, 0.4) is 0 Å². The predicted molar refractivity (Wildman–Crippen MR) is 109 cm³/mol. The molecular weight excluding hydrogens is 380 g/mol. The zero-order valence-electron chi connectivity index (χ0n) is 16.1. The van der Waals surface area contributed by atoms with Crippen LogP contribution in [0.4, 0.5) is 26.2 Å². The maximum atomic E-state index is 12.4. The standard InChI is InChI=1S/C19H23F2N7O/c1-10-6-12-14(4-3-5-15(12)28(10)2)26-18-13(17(23)29)9-25-19(27-18)24-8-11(22)7-16(20)21/h3-6,9,11,16H,7-8,22H2,1-2H3,(H2,23,29)(H2,24,25,26,27). The number of halogens is 2. The van der Waals surface area contributed by atoms with Crippen LogP contribution in [-0.2, 0) is 7.05 Å². The molecule has 0 saturated carbocycles. The Labute approximate surface area is 166 Å². The van der Waals surface area contributed by atoms with Gasteiger partial charge in [-0.2, -0.15) is 4.98 Å².